The van der Waals surface area contributed by atoms with Crippen molar-refractivity contribution in [3.8, 4) is 23.8 Å². The highest BCUT2D eigenvalue weighted by Crippen LogP contribution is 2.38. The Morgan fingerprint density at radius 3 is 2.93 bits per heavy atom. The number of ether oxygens (including phenoxy) is 2. The molecule has 1 unspecified atom stereocenters. The van der Waals surface area contributed by atoms with E-state index in [1.807, 2.05) is 0 Å². The second kappa shape index (κ2) is 9.04. The Labute approximate surface area is 174 Å². The van der Waals surface area contributed by atoms with Crippen LogP contribution in [0.15, 0.2) is 45.8 Å². The smallest absolute Gasteiger partial charge is 0.260 e. The van der Waals surface area contributed by atoms with Crippen LogP contribution in [0.25, 0.3) is 6.08 Å². The van der Waals surface area contributed by atoms with Gasteiger partial charge in [-0.3, -0.25) is 4.79 Å². The first-order valence-electron chi connectivity index (χ1n) is 8.16. The molecule has 1 heterocycles. The summed E-state index contributed by atoms with van der Waals surface area (Å²) in [4.78, 5) is 12.8. The molecule has 3 rings (SSSR count). The van der Waals surface area contributed by atoms with E-state index in [2.05, 4.69) is 32.5 Å². The highest BCUT2D eigenvalue weighted by Gasteiger charge is 2.28. The van der Waals surface area contributed by atoms with E-state index >= 15 is 0 Å². The van der Waals surface area contributed by atoms with Gasteiger partial charge in [-0.05, 0) is 51.8 Å². The molecule has 1 fully saturated rings. The molecule has 1 amide bonds. The molecular formula is C20H16BrFN2O3S. The van der Waals surface area contributed by atoms with E-state index in [1.165, 1.54) is 24.9 Å². The Kier molecular flexibility index (Phi) is 6.49. The molecule has 5 nitrogen and oxygen atoms in total. The molecule has 1 atom stereocenters. The minimum Gasteiger partial charge on any atom is -0.493 e. The Bertz CT molecular complexity index is 974. The second-order valence-corrected chi connectivity index (χ2v) is 7.63. The molecule has 0 aliphatic carbocycles. The van der Waals surface area contributed by atoms with Crippen LogP contribution in [0, 0.1) is 18.2 Å². The van der Waals surface area contributed by atoms with Gasteiger partial charge in [-0.15, -0.1) is 6.42 Å². The first-order chi connectivity index (χ1) is 13.5. The first-order valence-corrected chi connectivity index (χ1v) is 9.83. The molecule has 28 heavy (non-hydrogen) atoms. The van der Waals surface area contributed by atoms with Crippen molar-refractivity contribution in [2.45, 2.75) is 5.50 Å². The number of benzene rings is 2. The lowest BCUT2D eigenvalue weighted by Crippen LogP contribution is -2.31. The molecule has 1 aliphatic heterocycles. The van der Waals surface area contributed by atoms with E-state index in [0.29, 0.717) is 26.6 Å². The summed E-state index contributed by atoms with van der Waals surface area (Å²) in [7, 11) is 1.52. The molecule has 8 heteroatoms. The zero-order chi connectivity index (χ0) is 20.1. The van der Waals surface area contributed by atoms with E-state index < -0.39 is 5.50 Å². The number of carbonyl (C=O) groups excluding carboxylic acids is 1. The minimum absolute atomic E-state index is 0.108. The molecule has 1 aliphatic rings. The average Bonchev–Trinajstić information content (AvgIpc) is 3.01. The van der Waals surface area contributed by atoms with Crippen molar-refractivity contribution in [2.75, 3.05) is 19.0 Å². The molecule has 0 spiro atoms. The number of anilines is 1. The van der Waals surface area contributed by atoms with Gasteiger partial charge in [-0.2, -0.15) is 0 Å². The molecular weight excluding hydrogens is 447 g/mol. The van der Waals surface area contributed by atoms with Crippen molar-refractivity contribution in [1.82, 2.24) is 5.32 Å². The number of nitrogens with one attached hydrogen (secondary N) is 2. The lowest BCUT2D eigenvalue weighted by molar-refractivity contribution is -0.116. The van der Waals surface area contributed by atoms with Crippen LogP contribution in [0.1, 0.15) is 5.56 Å². The highest BCUT2D eigenvalue weighted by molar-refractivity contribution is 9.10. The average molecular weight is 463 g/mol. The van der Waals surface area contributed by atoms with Crippen LogP contribution in [-0.2, 0) is 4.79 Å². The van der Waals surface area contributed by atoms with E-state index in [0.717, 1.165) is 5.56 Å². The number of hydrogen-bond donors (Lipinski definition) is 2. The third-order valence-corrected chi connectivity index (χ3v) is 5.36. The van der Waals surface area contributed by atoms with Crippen LogP contribution in [0.2, 0.25) is 0 Å². The van der Waals surface area contributed by atoms with E-state index in [9.17, 15) is 9.18 Å². The topological polar surface area (TPSA) is 59.6 Å². The highest BCUT2D eigenvalue weighted by atomic mass is 79.9. The van der Waals surface area contributed by atoms with Crippen LogP contribution < -0.4 is 20.1 Å². The van der Waals surface area contributed by atoms with Gasteiger partial charge in [0.2, 0.25) is 0 Å². The molecule has 1 saturated heterocycles. The van der Waals surface area contributed by atoms with E-state index in [-0.39, 0.29) is 18.3 Å². The molecule has 0 radical (unpaired) electrons. The summed E-state index contributed by atoms with van der Waals surface area (Å²) in [6, 6.07) is 9.84. The fraction of sp³-hybridized carbons (Fsp3) is 0.150. The number of amides is 1. The number of terminal acetylenes is 1. The van der Waals surface area contributed by atoms with Crippen molar-refractivity contribution in [3.63, 3.8) is 0 Å². The summed E-state index contributed by atoms with van der Waals surface area (Å²) in [5, 5.41) is 5.73. The summed E-state index contributed by atoms with van der Waals surface area (Å²) in [5.41, 5.74) is 0.584. The van der Waals surface area contributed by atoms with Gasteiger partial charge in [-0.1, -0.05) is 29.8 Å². The van der Waals surface area contributed by atoms with Crippen molar-refractivity contribution < 1.29 is 18.7 Å². The van der Waals surface area contributed by atoms with Crippen LogP contribution >= 0.6 is 27.7 Å². The Hall–Kier alpha value is -2.63. The normalized spacial score (nSPS) is 17.1. The lowest BCUT2D eigenvalue weighted by atomic mass is 10.2. The SMILES string of the molecule is C#CCOc1c(Br)cc(/C=C2\SC(Nc3ccccc3F)NC2=O)cc1OC. The van der Waals surface area contributed by atoms with Gasteiger partial charge in [0.1, 0.15) is 12.4 Å². The number of carbonyl (C=O) groups is 1. The van der Waals surface area contributed by atoms with E-state index in [4.69, 9.17) is 15.9 Å². The van der Waals surface area contributed by atoms with Crippen LogP contribution in [0.5, 0.6) is 11.5 Å². The predicted molar refractivity (Wildman–Crippen MR) is 113 cm³/mol. The van der Waals surface area contributed by atoms with Gasteiger partial charge < -0.3 is 20.1 Å². The van der Waals surface area contributed by atoms with Crippen molar-refractivity contribution in [1.29, 1.82) is 0 Å². The zero-order valence-electron chi connectivity index (χ0n) is 14.8. The van der Waals surface area contributed by atoms with Crippen LogP contribution in [0.3, 0.4) is 0 Å². The summed E-state index contributed by atoms with van der Waals surface area (Å²) in [6.45, 7) is 0.108. The first kappa shape index (κ1) is 20.1. The third kappa shape index (κ3) is 4.61. The van der Waals surface area contributed by atoms with Gasteiger partial charge >= 0.3 is 0 Å². The number of rotatable bonds is 6. The molecule has 144 valence electrons. The second-order valence-electron chi connectivity index (χ2n) is 5.63. The standard InChI is InChI=1S/C20H16BrFN2O3S/c1-3-8-27-18-13(21)9-12(10-16(18)26-2)11-17-19(25)24-20(28-17)23-15-7-5-4-6-14(15)22/h1,4-7,9-11,20,23H,8H2,2H3,(H,24,25)/b17-11-. The number of thioether (sulfide) groups is 1. The Balaban J connectivity index is 1.80. The summed E-state index contributed by atoms with van der Waals surface area (Å²) in [6.07, 6.45) is 6.96. The van der Waals surface area contributed by atoms with Crippen LogP contribution in [-0.4, -0.2) is 25.1 Å². The zero-order valence-corrected chi connectivity index (χ0v) is 17.2. The molecule has 2 aromatic carbocycles. The third-order valence-electron chi connectivity index (χ3n) is 3.74. The molecule has 0 saturated carbocycles. The van der Waals surface area contributed by atoms with Crippen molar-refractivity contribution in [3.05, 3.63) is 57.2 Å². The van der Waals surface area contributed by atoms with Crippen molar-refractivity contribution in [2.24, 2.45) is 0 Å². The maximum Gasteiger partial charge on any atom is 0.260 e. The largest absolute Gasteiger partial charge is 0.493 e. The molecule has 0 aromatic heterocycles. The Morgan fingerprint density at radius 1 is 1.43 bits per heavy atom. The lowest BCUT2D eigenvalue weighted by Gasteiger charge is -2.13. The number of halogens is 2. The summed E-state index contributed by atoms with van der Waals surface area (Å²) >= 11 is 4.70. The fourth-order valence-electron chi connectivity index (χ4n) is 2.51. The number of hydrogen-bond acceptors (Lipinski definition) is 5. The minimum atomic E-state index is -0.473. The van der Waals surface area contributed by atoms with Crippen LogP contribution in [0.4, 0.5) is 10.1 Å². The van der Waals surface area contributed by atoms with Gasteiger partial charge in [0, 0.05) is 0 Å². The summed E-state index contributed by atoms with van der Waals surface area (Å²) < 4.78 is 25.3. The van der Waals surface area contributed by atoms with Gasteiger partial charge in [0.25, 0.3) is 5.91 Å². The quantitative estimate of drug-likeness (QED) is 0.497. The maximum atomic E-state index is 13.8. The van der Waals surface area contributed by atoms with Gasteiger partial charge in [-0.25, -0.2) is 4.39 Å². The monoisotopic (exact) mass is 462 g/mol. The number of para-hydroxylation sites is 1. The number of methoxy groups -OCH3 is 1. The van der Waals surface area contributed by atoms with Crippen molar-refractivity contribution >= 4 is 45.4 Å². The van der Waals surface area contributed by atoms with E-state index in [1.54, 1.807) is 36.4 Å². The molecule has 2 aromatic rings. The van der Waals surface area contributed by atoms with Gasteiger partial charge in [0.15, 0.2) is 17.0 Å². The Morgan fingerprint density at radius 2 is 2.21 bits per heavy atom. The predicted octanol–water partition coefficient (Wildman–Crippen LogP) is 4.21. The summed E-state index contributed by atoms with van der Waals surface area (Å²) in [5.74, 6) is 2.75. The molecule has 2 N–H and O–H groups in total. The van der Waals surface area contributed by atoms with Gasteiger partial charge in [0.05, 0.1) is 22.2 Å². The fourth-order valence-corrected chi connectivity index (χ4v) is 4.06. The maximum absolute atomic E-state index is 13.8. The molecule has 0 bridgehead atoms.